The maximum absolute atomic E-state index is 5.19. The molecule has 0 radical (unpaired) electrons. The predicted octanol–water partition coefficient (Wildman–Crippen LogP) is 3.59. The molecule has 0 amide bonds. The Labute approximate surface area is 75.4 Å². The topological polar surface area (TPSA) is 0 Å². The van der Waals surface area contributed by atoms with Gasteiger partial charge in [0.2, 0.25) is 0 Å². The quantitative estimate of drug-likeness (QED) is 0.571. The van der Waals surface area contributed by atoms with Crippen LogP contribution in [0.1, 0.15) is 46.0 Å². The normalized spacial score (nSPS) is 31.8. The summed E-state index contributed by atoms with van der Waals surface area (Å²) in [5.41, 5.74) is 0. The molecule has 1 fully saturated rings. The molecular weight excluding hydrogens is 152 g/mol. The number of thiocarbonyl (C=S) groups is 1. The standard InChI is InChI=1S/C10H18S/c1-3-9-4-6-10(7-5-9)8(2)11/h9-10H,3-7H2,1-2H3. The van der Waals surface area contributed by atoms with Crippen molar-refractivity contribution in [1.82, 2.24) is 0 Å². The second-order valence-electron chi connectivity index (χ2n) is 3.74. The van der Waals surface area contributed by atoms with Crippen LogP contribution in [-0.2, 0) is 0 Å². The Bertz CT molecular complexity index is 132. The van der Waals surface area contributed by atoms with Gasteiger partial charge in [-0.15, -0.1) is 0 Å². The number of rotatable bonds is 2. The Balaban J connectivity index is 2.30. The van der Waals surface area contributed by atoms with Crippen LogP contribution in [0.25, 0.3) is 0 Å². The van der Waals surface area contributed by atoms with E-state index in [1.54, 1.807) is 0 Å². The molecule has 0 unspecified atom stereocenters. The van der Waals surface area contributed by atoms with E-state index in [2.05, 4.69) is 13.8 Å². The van der Waals surface area contributed by atoms with Crippen molar-refractivity contribution >= 4 is 17.1 Å². The van der Waals surface area contributed by atoms with Crippen molar-refractivity contribution in [3.05, 3.63) is 0 Å². The summed E-state index contributed by atoms with van der Waals surface area (Å²) in [7, 11) is 0. The van der Waals surface area contributed by atoms with Crippen molar-refractivity contribution in [1.29, 1.82) is 0 Å². The third-order valence-corrected chi connectivity index (χ3v) is 3.33. The van der Waals surface area contributed by atoms with Crippen LogP contribution in [0.4, 0.5) is 0 Å². The fourth-order valence-electron chi connectivity index (χ4n) is 1.98. The molecule has 0 saturated heterocycles. The largest absolute Gasteiger partial charge is 0.0897 e. The van der Waals surface area contributed by atoms with Crippen LogP contribution >= 0.6 is 12.2 Å². The summed E-state index contributed by atoms with van der Waals surface area (Å²) in [4.78, 5) is 1.24. The highest BCUT2D eigenvalue weighted by molar-refractivity contribution is 7.80. The minimum atomic E-state index is 0.771. The van der Waals surface area contributed by atoms with Crippen LogP contribution in [0.5, 0.6) is 0 Å². The number of hydrogen-bond donors (Lipinski definition) is 0. The van der Waals surface area contributed by atoms with E-state index in [1.807, 2.05) is 0 Å². The summed E-state index contributed by atoms with van der Waals surface area (Å²) in [5, 5.41) is 0. The smallest absolute Gasteiger partial charge is 0.00716 e. The van der Waals surface area contributed by atoms with Gasteiger partial charge in [0.15, 0.2) is 0 Å². The van der Waals surface area contributed by atoms with Crippen LogP contribution < -0.4 is 0 Å². The van der Waals surface area contributed by atoms with E-state index in [4.69, 9.17) is 12.2 Å². The van der Waals surface area contributed by atoms with Crippen LogP contribution in [0, 0.1) is 11.8 Å². The third kappa shape index (κ3) is 2.55. The Morgan fingerprint density at radius 3 is 2.18 bits per heavy atom. The molecule has 0 spiro atoms. The van der Waals surface area contributed by atoms with E-state index < -0.39 is 0 Å². The molecule has 0 nitrogen and oxygen atoms in total. The second kappa shape index (κ2) is 4.20. The minimum absolute atomic E-state index is 0.771. The Morgan fingerprint density at radius 2 is 1.82 bits per heavy atom. The highest BCUT2D eigenvalue weighted by Gasteiger charge is 2.20. The minimum Gasteiger partial charge on any atom is -0.0897 e. The molecule has 1 aliphatic carbocycles. The zero-order chi connectivity index (χ0) is 8.27. The van der Waals surface area contributed by atoms with Gasteiger partial charge in [0.25, 0.3) is 0 Å². The molecule has 1 saturated carbocycles. The summed E-state index contributed by atoms with van der Waals surface area (Å²) in [6.45, 7) is 4.40. The summed E-state index contributed by atoms with van der Waals surface area (Å²) in [6.07, 6.45) is 6.90. The zero-order valence-electron chi connectivity index (χ0n) is 7.60. The average molecular weight is 170 g/mol. The molecule has 0 aromatic heterocycles. The summed E-state index contributed by atoms with van der Waals surface area (Å²) in [6, 6.07) is 0. The van der Waals surface area contributed by atoms with Crippen molar-refractivity contribution in [3.63, 3.8) is 0 Å². The van der Waals surface area contributed by atoms with Gasteiger partial charge < -0.3 is 0 Å². The van der Waals surface area contributed by atoms with E-state index in [1.165, 1.54) is 37.0 Å². The maximum Gasteiger partial charge on any atom is -0.00716 e. The molecule has 0 heterocycles. The number of hydrogen-bond acceptors (Lipinski definition) is 1. The third-order valence-electron chi connectivity index (χ3n) is 3.00. The lowest BCUT2D eigenvalue weighted by Crippen LogP contribution is -2.18. The molecule has 0 atom stereocenters. The summed E-state index contributed by atoms with van der Waals surface area (Å²) < 4.78 is 0. The fraction of sp³-hybridized carbons (Fsp3) is 0.900. The first-order chi connectivity index (χ1) is 5.24. The van der Waals surface area contributed by atoms with Crippen molar-refractivity contribution < 1.29 is 0 Å². The monoisotopic (exact) mass is 170 g/mol. The maximum atomic E-state index is 5.19. The molecule has 0 aromatic rings. The van der Waals surface area contributed by atoms with E-state index in [9.17, 15) is 0 Å². The highest BCUT2D eigenvalue weighted by atomic mass is 32.1. The molecule has 1 rings (SSSR count). The lowest BCUT2D eigenvalue weighted by Gasteiger charge is -2.27. The average Bonchev–Trinajstić information content (AvgIpc) is 2.05. The molecule has 0 N–H and O–H groups in total. The van der Waals surface area contributed by atoms with Gasteiger partial charge in [0.1, 0.15) is 0 Å². The van der Waals surface area contributed by atoms with Gasteiger partial charge in [-0.3, -0.25) is 0 Å². The Kier molecular flexibility index (Phi) is 3.50. The van der Waals surface area contributed by atoms with E-state index in [-0.39, 0.29) is 0 Å². The van der Waals surface area contributed by atoms with Gasteiger partial charge in [-0.25, -0.2) is 0 Å². The van der Waals surface area contributed by atoms with Gasteiger partial charge in [-0.1, -0.05) is 25.6 Å². The first kappa shape index (κ1) is 9.18. The predicted molar refractivity (Wildman–Crippen MR) is 54.0 cm³/mol. The fourth-order valence-corrected chi connectivity index (χ4v) is 2.21. The molecule has 1 aliphatic rings. The van der Waals surface area contributed by atoms with Gasteiger partial charge in [-0.2, -0.15) is 0 Å². The highest BCUT2D eigenvalue weighted by Crippen LogP contribution is 2.31. The summed E-state index contributed by atoms with van der Waals surface area (Å²) in [5.74, 6) is 1.77. The molecule has 0 bridgehead atoms. The molecule has 1 heteroatoms. The molecule has 0 aliphatic heterocycles. The Morgan fingerprint density at radius 1 is 1.27 bits per heavy atom. The summed E-state index contributed by atoms with van der Waals surface area (Å²) >= 11 is 5.19. The van der Waals surface area contributed by atoms with Gasteiger partial charge in [-0.05, 0) is 49.3 Å². The SMILES string of the molecule is CCC1CCC(C(C)=S)CC1. The van der Waals surface area contributed by atoms with Crippen LogP contribution in [0.3, 0.4) is 0 Å². The van der Waals surface area contributed by atoms with Gasteiger partial charge in [0.05, 0.1) is 0 Å². The van der Waals surface area contributed by atoms with Gasteiger partial charge in [0, 0.05) is 0 Å². The van der Waals surface area contributed by atoms with Crippen molar-refractivity contribution in [3.8, 4) is 0 Å². The lowest BCUT2D eigenvalue weighted by molar-refractivity contribution is 0.316. The van der Waals surface area contributed by atoms with Gasteiger partial charge >= 0.3 is 0 Å². The lowest BCUT2D eigenvalue weighted by atomic mass is 9.80. The molecular formula is C10H18S. The first-order valence-corrected chi connectivity index (χ1v) is 5.15. The van der Waals surface area contributed by atoms with E-state index >= 15 is 0 Å². The van der Waals surface area contributed by atoms with Crippen LogP contribution in [0.2, 0.25) is 0 Å². The molecule has 0 aromatic carbocycles. The van der Waals surface area contributed by atoms with Crippen LogP contribution in [0.15, 0.2) is 0 Å². The molecule has 11 heavy (non-hydrogen) atoms. The second-order valence-corrected chi connectivity index (χ2v) is 4.38. The van der Waals surface area contributed by atoms with Crippen molar-refractivity contribution in [2.24, 2.45) is 11.8 Å². The van der Waals surface area contributed by atoms with E-state index in [0.717, 1.165) is 11.8 Å². The molecule has 64 valence electrons. The van der Waals surface area contributed by atoms with E-state index in [0.29, 0.717) is 0 Å². The Hall–Kier alpha value is 0.0900. The van der Waals surface area contributed by atoms with Crippen molar-refractivity contribution in [2.75, 3.05) is 0 Å². The van der Waals surface area contributed by atoms with Crippen LogP contribution in [-0.4, -0.2) is 4.86 Å². The zero-order valence-corrected chi connectivity index (χ0v) is 8.41. The first-order valence-electron chi connectivity index (χ1n) is 4.74. The van der Waals surface area contributed by atoms with Crippen molar-refractivity contribution in [2.45, 2.75) is 46.0 Å².